The van der Waals surface area contributed by atoms with Crippen molar-refractivity contribution in [2.24, 2.45) is 0 Å². The summed E-state index contributed by atoms with van der Waals surface area (Å²) in [6, 6.07) is 7.91. The zero-order chi connectivity index (χ0) is 15.1. The molecule has 1 aliphatic rings. The summed E-state index contributed by atoms with van der Waals surface area (Å²) in [6.45, 7) is 8.14. The van der Waals surface area contributed by atoms with Crippen molar-refractivity contribution in [2.75, 3.05) is 37.7 Å². The number of piperazine rings is 1. The molecule has 2 rings (SSSR count). The van der Waals surface area contributed by atoms with Crippen LogP contribution in [0.3, 0.4) is 0 Å². The molecule has 1 saturated heterocycles. The Labute approximate surface area is 126 Å². The van der Waals surface area contributed by atoms with Crippen molar-refractivity contribution < 1.29 is 14.3 Å². The highest BCUT2D eigenvalue weighted by atomic mass is 16.6. The van der Waals surface area contributed by atoms with Crippen molar-refractivity contribution in [1.82, 2.24) is 5.32 Å². The molecule has 1 fully saturated rings. The number of ether oxygens (including phenoxy) is 2. The van der Waals surface area contributed by atoms with Gasteiger partial charge in [0.2, 0.25) is 0 Å². The maximum absolute atomic E-state index is 11.7. The first-order valence-corrected chi connectivity index (χ1v) is 7.63. The van der Waals surface area contributed by atoms with Crippen molar-refractivity contribution in [1.29, 1.82) is 0 Å². The van der Waals surface area contributed by atoms with Crippen LogP contribution in [0.5, 0.6) is 5.75 Å². The molecule has 1 atom stereocenters. The Morgan fingerprint density at radius 1 is 1.24 bits per heavy atom. The van der Waals surface area contributed by atoms with Crippen LogP contribution >= 0.6 is 0 Å². The Morgan fingerprint density at radius 3 is 2.48 bits per heavy atom. The highest BCUT2D eigenvalue weighted by molar-refractivity contribution is 5.75. The van der Waals surface area contributed by atoms with Crippen LogP contribution in [0.15, 0.2) is 24.3 Å². The molecule has 1 N–H and O–H groups in total. The molecule has 5 heteroatoms. The summed E-state index contributed by atoms with van der Waals surface area (Å²) < 4.78 is 10.7. The van der Waals surface area contributed by atoms with E-state index in [2.05, 4.69) is 10.2 Å². The number of carbonyl (C=O) groups is 1. The zero-order valence-electron chi connectivity index (χ0n) is 12.8. The van der Waals surface area contributed by atoms with Crippen LogP contribution in [0, 0.1) is 0 Å². The molecule has 1 aliphatic heterocycles. The molecule has 0 radical (unpaired) electrons. The van der Waals surface area contributed by atoms with Gasteiger partial charge >= 0.3 is 5.97 Å². The first-order valence-electron chi connectivity index (χ1n) is 7.63. The third kappa shape index (κ3) is 4.36. The Kier molecular flexibility index (Phi) is 5.87. The summed E-state index contributed by atoms with van der Waals surface area (Å²) in [7, 11) is 0. The fourth-order valence-corrected chi connectivity index (χ4v) is 2.36. The summed E-state index contributed by atoms with van der Waals surface area (Å²) in [4.78, 5) is 14.1. The van der Waals surface area contributed by atoms with Crippen LogP contribution in [0.1, 0.15) is 20.3 Å². The van der Waals surface area contributed by atoms with Gasteiger partial charge in [-0.3, -0.25) is 0 Å². The monoisotopic (exact) mass is 292 g/mol. The fourth-order valence-electron chi connectivity index (χ4n) is 2.36. The lowest BCUT2D eigenvalue weighted by Crippen LogP contribution is -2.43. The number of hydrogen-bond donors (Lipinski definition) is 1. The third-order valence-electron chi connectivity index (χ3n) is 3.52. The molecule has 116 valence electrons. The second-order valence-corrected chi connectivity index (χ2v) is 5.00. The molecule has 5 nitrogen and oxygen atoms in total. The largest absolute Gasteiger partial charge is 0.479 e. The SMILES string of the molecule is CCOC(=O)C(CC)Oc1ccc(N2CCNCC2)cc1. The number of esters is 1. The topological polar surface area (TPSA) is 50.8 Å². The van der Waals surface area contributed by atoms with Crippen molar-refractivity contribution in [3.05, 3.63) is 24.3 Å². The second kappa shape index (κ2) is 7.88. The van der Waals surface area contributed by atoms with Crippen molar-refractivity contribution in [3.63, 3.8) is 0 Å². The molecule has 1 aromatic rings. The average molecular weight is 292 g/mol. The molecular weight excluding hydrogens is 268 g/mol. The molecule has 0 spiro atoms. The summed E-state index contributed by atoms with van der Waals surface area (Å²) in [5.74, 6) is 0.403. The predicted molar refractivity (Wildman–Crippen MR) is 82.9 cm³/mol. The highest BCUT2D eigenvalue weighted by Gasteiger charge is 2.19. The number of hydrogen-bond acceptors (Lipinski definition) is 5. The Hall–Kier alpha value is -1.75. The summed E-state index contributed by atoms with van der Waals surface area (Å²) in [5.41, 5.74) is 1.19. The molecule has 0 saturated carbocycles. The first kappa shape index (κ1) is 15.6. The maximum Gasteiger partial charge on any atom is 0.347 e. The lowest BCUT2D eigenvalue weighted by molar-refractivity contribution is -0.151. The number of benzene rings is 1. The summed E-state index contributed by atoms with van der Waals surface area (Å²) in [6.07, 6.45) is 0.0632. The van der Waals surface area contributed by atoms with Gasteiger partial charge in [-0.15, -0.1) is 0 Å². The molecule has 1 aromatic carbocycles. The molecular formula is C16H24N2O3. The maximum atomic E-state index is 11.7. The Balaban J connectivity index is 1.96. The number of nitrogens with one attached hydrogen (secondary N) is 1. The number of nitrogens with zero attached hydrogens (tertiary/aromatic N) is 1. The predicted octanol–water partition coefficient (Wildman–Crippen LogP) is 1.82. The van der Waals surface area contributed by atoms with Crippen LogP contribution in [0.4, 0.5) is 5.69 Å². The van der Waals surface area contributed by atoms with Gasteiger partial charge in [0.05, 0.1) is 6.61 Å². The number of anilines is 1. The van der Waals surface area contributed by atoms with Gasteiger partial charge in [0.25, 0.3) is 0 Å². The standard InChI is InChI=1S/C16H24N2O3/c1-3-15(16(19)20-4-2)21-14-7-5-13(6-8-14)18-11-9-17-10-12-18/h5-8,15,17H,3-4,9-12H2,1-2H3. The van der Waals surface area contributed by atoms with E-state index < -0.39 is 6.10 Å². The minimum atomic E-state index is -0.532. The minimum absolute atomic E-state index is 0.300. The van der Waals surface area contributed by atoms with E-state index in [1.165, 1.54) is 5.69 Å². The van der Waals surface area contributed by atoms with Gasteiger partial charge in [-0.05, 0) is 37.6 Å². The van der Waals surface area contributed by atoms with Gasteiger partial charge in [0, 0.05) is 31.9 Å². The second-order valence-electron chi connectivity index (χ2n) is 5.00. The molecule has 0 bridgehead atoms. The van der Waals surface area contributed by atoms with Crippen molar-refractivity contribution in [2.45, 2.75) is 26.4 Å². The first-order chi connectivity index (χ1) is 10.2. The van der Waals surface area contributed by atoms with Crippen LogP contribution < -0.4 is 15.0 Å². The Morgan fingerprint density at radius 2 is 1.90 bits per heavy atom. The van der Waals surface area contributed by atoms with Gasteiger partial charge in [-0.2, -0.15) is 0 Å². The lowest BCUT2D eigenvalue weighted by Gasteiger charge is -2.29. The summed E-state index contributed by atoms with van der Waals surface area (Å²) in [5, 5.41) is 3.34. The zero-order valence-corrected chi connectivity index (χ0v) is 12.8. The lowest BCUT2D eigenvalue weighted by atomic mass is 10.2. The smallest absolute Gasteiger partial charge is 0.347 e. The van der Waals surface area contributed by atoms with Gasteiger partial charge in [0.1, 0.15) is 5.75 Å². The van der Waals surface area contributed by atoms with Gasteiger partial charge in [0.15, 0.2) is 6.10 Å². The van der Waals surface area contributed by atoms with Crippen LogP contribution in [0.25, 0.3) is 0 Å². The quantitative estimate of drug-likeness (QED) is 0.811. The molecule has 1 unspecified atom stereocenters. The van der Waals surface area contributed by atoms with E-state index in [9.17, 15) is 4.79 Å². The molecule has 1 heterocycles. The number of rotatable bonds is 6. The van der Waals surface area contributed by atoms with Crippen molar-refractivity contribution in [3.8, 4) is 5.75 Å². The molecule has 21 heavy (non-hydrogen) atoms. The molecule has 0 aliphatic carbocycles. The normalized spacial score (nSPS) is 16.4. The fraction of sp³-hybridized carbons (Fsp3) is 0.562. The minimum Gasteiger partial charge on any atom is -0.479 e. The highest BCUT2D eigenvalue weighted by Crippen LogP contribution is 2.21. The van der Waals surface area contributed by atoms with E-state index in [4.69, 9.17) is 9.47 Å². The average Bonchev–Trinajstić information content (AvgIpc) is 2.54. The van der Waals surface area contributed by atoms with E-state index in [1.807, 2.05) is 31.2 Å². The van der Waals surface area contributed by atoms with E-state index >= 15 is 0 Å². The van der Waals surface area contributed by atoms with Gasteiger partial charge in [-0.25, -0.2) is 4.79 Å². The van der Waals surface area contributed by atoms with E-state index in [0.717, 1.165) is 26.2 Å². The molecule has 0 aromatic heterocycles. The van der Waals surface area contributed by atoms with Crippen LogP contribution in [-0.2, 0) is 9.53 Å². The van der Waals surface area contributed by atoms with Gasteiger partial charge < -0.3 is 19.7 Å². The van der Waals surface area contributed by atoms with Crippen molar-refractivity contribution >= 4 is 11.7 Å². The number of carbonyl (C=O) groups excluding carboxylic acids is 1. The van der Waals surface area contributed by atoms with E-state index in [-0.39, 0.29) is 5.97 Å². The van der Waals surface area contributed by atoms with Crippen LogP contribution in [-0.4, -0.2) is 44.9 Å². The molecule has 0 amide bonds. The van der Waals surface area contributed by atoms with E-state index in [0.29, 0.717) is 18.8 Å². The van der Waals surface area contributed by atoms with E-state index in [1.54, 1.807) is 6.92 Å². The van der Waals surface area contributed by atoms with Crippen LogP contribution in [0.2, 0.25) is 0 Å². The Bertz CT molecular complexity index is 441. The third-order valence-corrected chi connectivity index (χ3v) is 3.52. The summed E-state index contributed by atoms with van der Waals surface area (Å²) >= 11 is 0. The van der Waals surface area contributed by atoms with Gasteiger partial charge in [-0.1, -0.05) is 6.92 Å².